The van der Waals surface area contributed by atoms with E-state index in [1.807, 2.05) is 38.1 Å². The molecule has 112 valence electrons. The van der Waals surface area contributed by atoms with E-state index in [1.54, 1.807) is 0 Å². The van der Waals surface area contributed by atoms with E-state index in [2.05, 4.69) is 10.3 Å². The molecule has 0 fully saturated rings. The number of aromatic nitrogens is 1. The lowest BCUT2D eigenvalue weighted by molar-refractivity contribution is -0.136. The molecule has 0 bridgehead atoms. The molecular formula is C16H20N2O3. The summed E-state index contributed by atoms with van der Waals surface area (Å²) < 4.78 is 0. The third-order valence-corrected chi connectivity index (χ3v) is 3.65. The Morgan fingerprint density at radius 3 is 2.81 bits per heavy atom. The summed E-state index contributed by atoms with van der Waals surface area (Å²) in [4.78, 5) is 26.3. The van der Waals surface area contributed by atoms with E-state index in [1.165, 1.54) is 0 Å². The first kappa shape index (κ1) is 15.3. The highest BCUT2D eigenvalue weighted by atomic mass is 16.4. The number of aliphatic carboxylic acids is 1. The summed E-state index contributed by atoms with van der Waals surface area (Å²) in [7, 11) is 0. The Hall–Kier alpha value is -2.14. The van der Waals surface area contributed by atoms with Crippen LogP contribution in [0.25, 0.3) is 10.9 Å². The van der Waals surface area contributed by atoms with Crippen LogP contribution in [-0.2, 0) is 11.2 Å². The molecule has 2 aromatic rings. The molecule has 0 aliphatic heterocycles. The number of rotatable bonds is 6. The van der Waals surface area contributed by atoms with Crippen molar-refractivity contribution in [3.63, 3.8) is 0 Å². The molecule has 0 spiro atoms. The summed E-state index contributed by atoms with van der Waals surface area (Å²) in [6, 6.07) is 7.52. The van der Waals surface area contributed by atoms with Gasteiger partial charge in [0, 0.05) is 28.2 Å². The molecule has 0 radical (unpaired) electrons. The van der Waals surface area contributed by atoms with Crippen LogP contribution in [0.15, 0.2) is 29.1 Å². The Morgan fingerprint density at radius 2 is 2.10 bits per heavy atom. The minimum atomic E-state index is -0.874. The maximum atomic E-state index is 12.5. The normalized spacial score (nSPS) is 12.5. The monoisotopic (exact) mass is 288 g/mol. The third kappa shape index (κ3) is 3.70. The summed E-state index contributed by atoms with van der Waals surface area (Å²) in [5.41, 5.74) is 2.56. The van der Waals surface area contributed by atoms with Gasteiger partial charge in [-0.25, -0.2) is 0 Å². The second kappa shape index (κ2) is 6.54. The first-order valence-corrected chi connectivity index (χ1v) is 7.04. The molecule has 0 amide bonds. The summed E-state index contributed by atoms with van der Waals surface area (Å²) in [5.74, 6) is -0.874. The van der Waals surface area contributed by atoms with Crippen molar-refractivity contribution in [2.24, 2.45) is 0 Å². The molecule has 0 aliphatic carbocycles. The van der Waals surface area contributed by atoms with Gasteiger partial charge in [-0.1, -0.05) is 12.1 Å². The summed E-state index contributed by atoms with van der Waals surface area (Å²) in [5, 5.41) is 12.3. The van der Waals surface area contributed by atoms with Gasteiger partial charge in [-0.3, -0.25) is 9.59 Å². The first-order valence-electron chi connectivity index (χ1n) is 7.04. The molecule has 1 atom stereocenters. The zero-order chi connectivity index (χ0) is 15.4. The first-order chi connectivity index (χ1) is 9.99. The molecule has 21 heavy (non-hydrogen) atoms. The second-order valence-electron chi connectivity index (χ2n) is 5.32. The van der Waals surface area contributed by atoms with Crippen molar-refractivity contribution in [2.45, 2.75) is 32.7 Å². The largest absolute Gasteiger partial charge is 0.480 e. The molecular weight excluding hydrogens is 268 g/mol. The van der Waals surface area contributed by atoms with Gasteiger partial charge in [-0.15, -0.1) is 0 Å². The quantitative estimate of drug-likeness (QED) is 0.757. The molecule has 1 aromatic carbocycles. The van der Waals surface area contributed by atoms with Crippen molar-refractivity contribution in [1.29, 1.82) is 0 Å². The molecule has 0 saturated heterocycles. The van der Waals surface area contributed by atoms with Crippen LogP contribution < -0.4 is 10.7 Å². The number of aryl methyl sites for hydroxylation is 1. The van der Waals surface area contributed by atoms with Crippen LogP contribution in [0.3, 0.4) is 0 Å². The number of pyridine rings is 1. The minimum absolute atomic E-state index is 0.0476. The Bertz CT molecular complexity index is 706. The van der Waals surface area contributed by atoms with Gasteiger partial charge in [0.1, 0.15) is 0 Å². The second-order valence-corrected chi connectivity index (χ2v) is 5.32. The number of hydrogen-bond donors (Lipinski definition) is 3. The van der Waals surface area contributed by atoms with Gasteiger partial charge in [0.05, 0.1) is 6.54 Å². The number of para-hydroxylation sites is 1. The highest BCUT2D eigenvalue weighted by Crippen LogP contribution is 2.12. The fraction of sp³-hybridized carbons (Fsp3) is 0.375. The zero-order valence-corrected chi connectivity index (χ0v) is 12.3. The van der Waals surface area contributed by atoms with Gasteiger partial charge < -0.3 is 15.4 Å². The van der Waals surface area contributed by atoms with Crippen LogP contribution in [-0.4, -0.2) is 28.6 Å². The molecule has 0 saturated carbocycles. The molecule has 1 unspecified atom stereocenters. The average Bonchev–Trinajstić information content (AvgIpc) is 2.45. The maximum Gasteiger partial charge on any atom is 0.317 e. The van der Waals surface area contributed by atoms with Gasteiger partial charge in [0.25, 0.3) is 0 Å². The fourth-order valence-corrected chi connectivity index (χ4v) is 2.43. The number of nitrogens with one attached hydrogen (secondary N) is 2. The minimum Gasteiger partial charge on any atom is -0.480 e. The van der Waals surface area contributed by atoms with Gasteiger partial charge in [0.2, 0.25) is 0 Å². The van der Waals surface area contributed by atoms with Crippen LogP contribution in [0.4, 0.5) is 0 Å². The number of carboxylic acids is 1. The van der Waals surface area contributed by atoms with Crippen molar-refractivity contribution in [3.8, 4) is 0 Å². The Kier molecular flexibility index (Phi) is 4.75. The van der Waals surface area contributed by atoms with Crippen molar-refractivity contribution in [3.05, 3.63) is 45.7 Å². The van der Waals surface area contributed by atoms with Gasteiger partial charge >= 0.3 is 5.97 Å². The number of H-pyrrole nitrogens is 1. The van der Waals surface area contributed by atoms with Crippen LogP contribution in [0.5, 0.6) is 0 Å². The van der Waals surface area contributed by atoms with E-state index >= 15 is 0 Å². The Balaban J connectivity index is 2.15. The van der Waals surface area contributed by atoms with E-state index in [9.17, 15) is 9.59 Å². The summed E-state index contributed by atoms with van der Waals surface area (Å²) in [6.45, 7) is 3.76. The maximum absolute atomic E-state index is 12.5. The van der Waals surface area contributed by atoms with Gasteiger partial charge in [-0.05, 0) is 38.8 Å². The molecule has 1 aromatic heterocycles. The van der Waals surface area contributed by atoms with Crippen LogP contribution in [0.1, 0.15) is 24.6 Å². The molecule has 1 heterocycles. The van der Waals surface area contributed by atoms with E-state index < -0.39 is 5.97 Å². The van der Waals surface area contributed by atoms with Gasteiger partial charge in [-0.2, -0.15) is 0 Å². The molecule has 3 N–H and O–H groups in total. The van der Waals surface area contributed by atoms with Gasteiger partial charge in [0.15, 0.2) is 5.43 Å². The van der Waals surface area contributed by atoms with Crippen molar-refractivity contribution in [1.82, 2.24) is 10.3 Å². The topological polar surface area (TPSA) is 82.2 Å². The standard InChI is InChI=1S/C16H20N2O3/c1-10(17-9-15(19)20)7-8-12-11(2)18-14-6-4-3-5-13(14)16(12)21/h3-6,10,17H,7-9H2,1-2H3,(H,18,21)(H,19,20). The predicted molar refractivity (Wildman–Crippen MR) is 82.7 cm³/mol. The predicted octanol–water partition coefficient (Wildman–Crippen LogP) is 1.83. The lowest BCUT2D eigenvalue weighted by Gasteiger charge is -2.13. The van der Waals surface area contributed by atoms with E-state index in [0.717, 1.165) is 23.2 Å². The molecule has 0 aliphatic rings. The molecule has 5 heteroatoms. The number of fused-ring (bicyclic) bond motifs is 1. The Morgan fingerprint density at radius 1 is 1.38 bits per heavy atom. The van der Waals surface area contributed by atoms with Crippen LogP contribution in [0.2, 0.25) is 0 Å². The van der Waals surface area contributed by atoms with E-state index in [4.69, 9.17) is 5.11 Å². The van der Waals surface area contributed by atoms with Crippen molar-refractivity contribution in [2.75, 3.05) is 6.54 Å². The highest BCUT2D eigenvalue weighted by molar-refractivity contribution is 5.79. The fourth-order valence-electron chi connectivity index (χ4n) is 2.43. The van der Waals surface area contributed by atoms with E-state index in [-0.39, 0.29) is 18.0 Å². The Labute approximate surface area is 123 Å². The van der Waals surface area contributed by atoms with Crippen molar-refractivity contribution < 1.29 is 9.90 Å². The highest BCUT2D eigenvalue weighted by Gasteiger charge is 2.11. The number of carbonyl (C=O) groups is 1. The number of hydrogen-bond acceptors (Lipinski definition) is 3. The molecule has 5 nitrogen and oxygen atoms in total. The number of benzene rings is 1. The smallest absolute Gasteiger partial charge is 0.317 e. The summed E-state index contributed by atoms with van der Waals surface area (Å²) in [6.07, 6.45) is 1.34. The third-order valence-electron chi connectivity index (χ3n) is 3.65. The SMILES string of the molecule is Cc1[nH]c2ccccc2c(=O)c1CCC(C)NCC(=O)O. The lowest BCUT2D eigenvalue weighted by Crippen LogP contribution is -2.32. The molecule has 2 rings (SSSR count). The van der Waals surface area contributed by atoms with E-state index in [0.29, 0.717) is 11.8 Å². The number of aromatic amines is 1. The van der Waals surface area contributed by atoms with Crippen LogP contribution >= 0.6 is 0 Å². The summed E-state index contributed by atoms with van der Waals surface area (Å²) >= 11 is 0. The zero-order valence-electron chi connectivity index (χ0n) is 12.3. The number of carboxylic acid groups (broad SMARTS) is 1. The lowest BCUT2D eigenvalue weighted by atomic mass is 10.0. The average molecular weight is 288 g/mol. The van der Waals surface area contributed by atoms with Crippen molar-refractivity contribution >= 4 is 16.9 Å². The van der Waals surface area contributed by atoms with Crippen LogP contribution in [0, 0.1) is 6.92 Å².